The molecule has 0 radical (unpaired) electrons. The summed E-state index contributed by atoms with van der Waals surface area (Å²) in [6, 6.07) is 18.7. The summed E-state index contributed by atoms with van der Waals surface area (Å²) >= 11 is 7.60. The normalized spacial score (nSPS) is 15.6. The highest BCUT2D eigenvalue weighted by Gasteiger charge is 2.34. The van der Waals surface area contributed by atoms with Gasteiger partial charge in [-0.05, 0) is 42.3 Å². The van der Waals surface area contributed by atoms with Crippen LogP contribution in [0.1, 0.15) is 26.9 Å². The van der Waals surface area contributed by atoms with Crippen molar-refractivity contribution in [2.24, 2.45) is 0 Å². The number of nitrogens with zero attached hydrogens (tertiary/aromatic N) is 2. The lowest BCUT2D eigenvalue weighted by Crippen LogP contribution is -2.28. The first kappa shape index (κ1) is 21.9. The van der Waals surface area contributed by atoms with Crippen LogP contribution in [0.5, 0.6) is 0 Å². The maximum Gasteiger partial charge on any atom is 0.270 e. The number of carbonyl (C=O) groups excluding carboxylic acids is 2. The molecule has 0 saturated carbocycles. The van der Waals surface area contributed by atoms with Crippen molar-refractivity contribution in [3.05, 3.63) is 98.6 Å². The summed E-state index contributed by atoms with van der Waals surface area (Å²) in [5, 5.41) is 13.4. The summed E-state index contributed by atoms with van der Waals surface area (Å²) in [5.41, 5.74) is 3.36. The average molecular weight is 468 g/mol. The third-order valence-corrected chi connectivity index (χ3v) is 6.63. The van der Waals surface area contributed by atoms with Gasteiger partial charge in [0.15, 0.2) is 0 Å². The number of rotatable bonds is 5. The van der Waals surface area contributed by atoms with Crippen LogP contribution < -0.4 is 10.2 Å². The van der Waals surface area contributed by atoms with E-state index in [1.807, 2.05) is 48.2 Å². The van der Waals surface area contributed by atoms with Crippen molar-refractivity contribution in [2.45, 2.75) is 12.3 Å². The van der Waals surface area contributed by atoms with E-state index in [1.165, 1.54) is 12.1 Å². The quantitative estimate of drug-likeness (QED) is 0.390. The molecule has 3 aromatic rings. The van der Waals surface area contributed by atoms with Gasteiger partial charge >= 0.3 is 0 Å². The van der Waals surface area contributed by atoms with E-state index >= 15 is 0 Å². The van der Waals surface area contributed by atoms with E-state index in [9.17, 15) is 19.7 Å². The molecular weight excluding hydrogens is 450 g/mol. The molecule has 7 nitrogen and oxygen atoms in total. The first-order valence-corrected chi connectivity index (χ1v) is 11.1. The second kappa shape index (κ2) is 9.02. The Bertz CT molecular complexity index is 1220. The lowest BCUT2D eigenvalue weighted by Gasteiger charge is -2.26. The number of para-hydroxylation sites is 1. The molecule has 0 aromatic heterocycles. The minimum Gasteiger partial charge on any atom is -0.322 e. The van der Waals surface area contributed by atoms with Crippen LogP contribution in [0.3, 0.4) is 0 Å². The van der Waals surface area contributed by atoms with Crippen molar-refractivity contribution < 1.29 is 14.5 Å². The number of anilines is 2. The van der Waals surface area contributed by atoms with Crippen LogP contribution in [0.25, 0.3) is 0 Å². The second-order valence-corrected chi connectivity index (χ2v) is 8.69. The Morgan fingerprint density at radius 1 is 1.16 bits per heavy atom. The van der Waals surface area contributed by atoms with Gasteiger partial charge in [-0.1, -0.05) is 41.9 Å². The molecule has 0 bridgehead atoms. The van der Waals surface area contributed by atoms with E-state index in [0.717, 1.165) is 22.9 Å². The van der Waals surface area contributed by atoms with Crippen molar-refractivity contribution in [3.8, 4) is 0 Å². The number of nitrogens with one attached hydrogen (secondary N) is 1. The summed E-state index contributed by atoms with van der Waals surface area (Å²) < 4.78 is 0. The van der Waals surface area contributed by atoms with Crippen LogP contribution in [0.4, 0.5) is 17.1 Å². The Morgan fingerprint density at radius 2 is 1.88 bits per heavy atom. The molecular formula is C23H18ClN3O4S. The summed E-state index contributed by atoms with van der Waals surface area (Å²) in [6.07, 6.45) is 0. The molecule has 1 saturated heterocycles. The molecule has 3 aromatic carbocycles. The molecule has 9 heteroatoms. The third kappa shape index (κ3) is 4.32. The fourth-order valence-corrected chi connectivity index (χ4v) is 4.93. The van der Waals surface area contributed by atoms with Gasteiger partial charge in [-0.2, -0.15) is 0 Å². The standard InChI is InChI=1S/C23H18ClN3O4S/c1-14-4-2-3-5-20(14)26-21(28)13-32-23(26)15-6-8-16(9-7-15)25-22(29)18-11-10-17(27(30)31)12-19(18)24/h2-12,23H,13H2,1H3,(H,25,29)/t23-/m1/s1. The van der Waals surface area contributed by atoms with Crippen molar-refractivity contribution in [1.82, 2.24) is 0 Å². The average Bonchev–Trinajstić information content (AvgIpc) is 3.15. The zero-order chi connectivity index (χ0) is 22.8. The SMILES string of the molecule is Cc1ccccc1N1C(=O)CS[C@@H]1c1ccc(NC(=O)c2ccc([N+](=O)[O-])cc2Cl)cc1. The number of hydrogen-bond donors (Lipinski definition) is 1. The maximum absolute atomic E-state index is 12.6. The third-order valence-electron chi connectivity index (χ3n) is 5.10. The number of benzene rings is 3. The molecule has 0 aliphatic carbocycles. The van der Waals surface area contributed by atoms with E-state index in [2.05, 4.69) is 5.32 Å². The van der Waals surface area contributed by atoms with E-state index < -0.39 is 10.8 Å². The maximum atomic E-state index is 12.6. The van der Waals surface area contributed by atoms with Crippen LogP contribution in [0.2, 0.25) is 5.02 Å². The molecule has 32 heavy (non-hydrogen) atoms. The molecule has 1 aliphatic heterocycles. The van der Waals surface area contributed by atoms with E-state index in [0.29, 0.717) is 11.4 Å². The van der Waals surface area contributed by atoms with Crippen molar-refractivity contribution >= 4 is 52.2 Å². The molecule has 1 heterocycles. The predicted octanol–water partition coefficient (Wildman–Crippen LogP) is 5.59. The number of amides is 2. The van der Waals surface area contributed by atoms with Gasteiger partial charge in [0.05, 0.1) is 21.3 Å². The van der Waals surface area contributed by atoms with E-state index in [-0.39, 0.29) is 27.6 Å². The minimum absolute atomic E-state index is 0.00283. The fraction of sp³-hybridized carbons (Fsp3) is 0.130. The van der Waals surface area contributed by atoms with Gasteiger partial charge in [-0.15, -0.1) is 11.8 Å². The van der Waals surface area contributed by atoms with Crippen LogP contribution in [0.15, 0.2) is 66.7 Å². The lowest BCUT2D eigenvalue weighted by atomic mass is 10.1. The Kier molecular flexibility index (Phi) is 6.16. The smallest absolute Gasteiger partial charge is 0.270 e. The highest BCUT2D eigenvalue weighted by molar-refractivity contribution is 8.00. The number of nitro groups is 1. The van der Waals surface area contributed by atoms with Crippen LogP contribution in [-0.2, 0) is 4.79 Å². The van der Waals surface area contributed by atoms with Crippen LogP contribution in [0, 0.1) is 17.0 Å². The van der Waals surface area contributed by atoms with Gasteiger partial charge in [-0.3, -0.25) is 24.6 Å². The number of thioether (sulfide) groups is 1. The topological polar surface area (TPSA) is 92.6 Å². The van der Waals surface area contributed by atoms with Crippen LogP contribution >= 0.6 is 23.4 Å². The Balaban J connectivity index is 1.52. The Hall–Kier alpha value is -3.36. The second-order valence-electron chi connectivity index (χ2n) is 7.21. The fourth-order valence-electron chi connectivity index (χ4n) is 3.50. The Labute approximate surface area is 193 Å². The summed E-state index contributed by atoms with van der Waals surface area (Å²) in [6.45, 7) is 1.98. The summed E-state index contributed by atoms with van der Waals surface area (Å²) in [4.78, 5) is 37.2. The van der Waals surface area contributed by atoms with Crippen molar-refractivity contribution in [3.63, 3.8) is 0 Å². The first-order valence-electron chi connectivity index (χ1n) is 9.69. The first-order chi connectivity index (χ1) is 15.3. The lowest BCUT2D eigenvalue weighted by molar-refractivity contribution is -0.384. The van der Waals surface area contributed by atoms with Gasteiger partial charge in [0, 0.05) is 23.5 Å². The molecule has 1 N–H and O–H groups in total. The van der Waals surface area contributed by atoms with Gasteiger partial charge < -0.3 is 5.32 Å². The molecule has 1 fully saturated rings. The molecule has 1 atom stereocenters. The zero-order valence-electron chi connectivity index (χ0n) is 16.9. The summed E-state index contributed by atoms with van der Waals surface area (Å²) in [5.74, 6) is -0.0139. The Morgan fingerprint density at radius 3 is 2.53 bits per heavy atom. The van der Waals surface area contributed by atoms with Crippen molar-refractivity contribution in [1.29, 1.82) is 0 Å². The summed E-state index contributed by atoms with van der Waals surface area (Å²) in [7, 11) is 0. The van der Waals surface area contributed by atoms with E-state index in [1.54, 1.807) is 23.9 Å². The van der Waals surface area contributed by atoms with Gasteiger partial charge in [0.25, 0.3) is 11.6 Å². The van der Waals surface area contributed by atoms with Crippen molar-refractivity contribution in [2.75, 3.05) is 16.0 Å². The van der Waals surface area contributed by atoms with E-state index in [4.69, 9.17) is 11.6 Å². The van der Waals surface area contributed by atoms with Gasteiger partial charge in [0.2, 0.25) is 5.91 Å². The number of non-ortho nitro benzene ring substituents is 1. The molecule has 2 amide bonds. The molecule has 0 spiro atoms. The van der Waals surface area contributed by atoms with Gasteiger partial charge in [-0.25, -0.2) is 0 Å². The predicted molar refractivity (Wildman–Crippen MR) is 126 cm³/mol. The molecule has 0 unspecified atom stereocenters. The van der Waals surface area contributed by atoms with Gasteiger partial charge in [0.1, 0.15) is 5.37 Å². The zero-order valence-corrected chi connectivity index (χ0v) is 18.5. The molecule has 162 valence electrons. The molecule has 1 aliphatic rings. The number of hydrogen-bond acceptors (Lipinski definition) is 5. The monoisotopic (exact) mass is 467 g/mol. The minimum atomic E-state index is -0.571. The number of nitro benzene ring substituents is 1. The van der Waals surface area contributed by atoms with Crippen LogP contribution in [-0.4, -0.2) is 22.5 Å². The number of carbonyl (C=O) groups is 2. The highest BCUT2D eigenvalue weighted by atomic mass is 35.5. The molecule has 4 rings (SSSR count). The number of aryl methyl sites for hydroxylation is 1. The number of halogens is 1. The largest absolute Gasteiger partial charge is 0.322 e. The highest BCUT2D eigenvalue weighted by Crippen LogP contribution is 2.42.